The second-order valence-electron chi connectivity index (χ2n) is 6.71. The molecule has 0 bridgehead atoms. The summed E-state index contributed by atoms with van der Waals surface area (Å²) >= 11 is 0. The van der Waals surface area contributed by atoms with Crippen LogP contribution in [0.15, 0.2) is 72.9 Å². The Kier molecular flexibility index (Phi) is 6.63. The van der Waals surface area contributed by atoms with Gasteiger partial charge in [-0.05, 0) is 50.1 Å². The molecule has 0 spiro atoms. The number of hydrogen-bond donors (Lipinski definition) is 2. The largest absolute Gasteiger partial charge is 0.489 e. The van der Waals surface area contributed by atoms with Gasteiger partial charge in [0.2, 0.25) is 0 Å². The van der Waals surface area contributed by atoms with Crippen LogP contribution in [-0.4, -0.2) is 23.5 Å². The predicted octanol–water partition coefficient (Wildman–Crippen LogP) is 4.58. The van der Waals surface area contributed by atoms with E-state index in [0.717, 1.165) is 17.9 Å². The second kappa shape index (κ2) is 9.55. The van der Waals surface area contributed by atoms with E-state index < -0.39 is 0 Å². The number of rotatable bonds is 8. The Hall–Kier alpha value is -3.34. The summed E-state index contributed by atoms with van der Waals surface area (Å²) in [7, 11) is 0. The van der Waals surface area contributed by atoms with Crippen molar-refractivity contribution in [3.63, 3.8) is 0 Å². The first-order chi connectivity index (χ1) is 13.6. The van der Waals surface area contributed by atoms with E-state index in [9.17, 15) is 4.79 Å². The molecule has 0 radical (unpaired) electrons. The van der Waals surface area contributed by atoms with Gasteiger partial charge in [0, 0.05) is 18.3 Å². The molecule has 2 aromatic carbocycles. The standard InChI is InChI=1S/C23H25N3O2/c1-17(2)28-21-11-7-6-10-20(21)26-22-16-19(13-15-24-22)23(27)25-14-12-18-8-4-3-5-9-18/h3-11,13,15-17H,12,14H2,1-2H3,(H,24,26)(H,25,27). The summed E-state index contributed by atoms with van der Waals surface area (Å²) in [6.07, 6.45) is 2.49. The summed E-state index contributed by atoms with van der Waals surface area (Å²) in [5.41, 5.74) is 2.57. The summed E-state index contributed by atoms with van der Waals surface area (Å²) in [4.78, 5) is 16.8. The van der Waals surface area contributed by atoms with Crippen molar-refractivity contribution in [2.24, 2.45) is 0 Å². The van der Waals surface area contributed by atoms with Crippen molar-refractivity contribution >= 4 is 17.4 Å². The summed E-state index contributed by atoms with van der Waals surface area (Å²) in [6.45, 7) is 4.55. The van der Waals surface area contributed by atoms with Crippen LogP contribution in [0, 0.1) is 0 Å². The number of carbonyl (C=O) groups excluding carboxylic acids is 1. The highest BCUT2D eigenvalue weighted by Crippen LogP contribution is 2.27. The SMILES string of the molecule is CC(C)Oc1ccccc1Nc1cc(C(=O)NCCc2ccccc2)ccn1. The third-order valence-electron chi connectivity index (χ3n) is 4.08. The zero-order valence-electron chi connectivity index (χ0n) is 16.2. The topological polar surface area (TPSA) is 63.2 Å². The van der Waals surface area contributed by atoms with E-state index in [1.165, 1.54) is 5.56 Å². The minimum Gasteiger partial charge on any atom is -0.489 e. The van der Waals surface area contributed by atoms with Crippen molar-refractivity contribution in [2.45, 2.75) is 26.4 Å². The van der Waals surface area contributed by atoms with Crippen LogP contribution in [-0.2, 0) is 6.42 Å². The van der Waals surface area contributed by atoms with Crippen LogP contribution in [0.4, 0.5) is 11.5 Å². The van der Waals surface area contributed by atoms with Crippen LogP contribution < -0.4 is 15.4 Å². The van der Waals surface area contributed by atoms with E-state index >= 15 is 0 Å². The number of nitrogens with one attached hydrogen (secondary N) is 2. The Morgan fingerprint density at radius 3 is 2.57 bits per heavy atom. The van der Waals surface area contributed by atoms with Crippen molar-refractivity contribution in [3.05, 3.63) is 84.1 Å². The highest BCUT2D eigenvalue weighted by Gasteiger charge is 2.09. The van der Waals surface area contributed by atoms with Crippen molar-refractivity contribution in [2.75, 3.05) is 11.9 Å². The first-order valence-electron chi connectivity index (χ1n) is 9.42. The van der Waals surface area contributed by atoms with Crippen molar-refractivity contribution in [1.82, 2.24) is 10.3 Å². The third kappa shape index (κ3) is 5.58. The number of hydrogen-bond acceptors (Lipinski definition) is 4. The lowest BCUT2D eigenvalue weighted by atomic mass is 10.1. The molecule has 144 valence electrons. The molecule has 3 rings (SSSR count). The average Bonchev–Trinajstić information content (AvgIpc) is 2.70. The van der Waals surface area contributed by atoms with Gasteiger partial charge < -0.3 is 15.4 Å². The van der Waals surface area contributed by atoms with Gasteiger partial charge in [-0.25, -0.2) is 4.98 Å². The number of para-hydroxylation sites is 2. The quantitative estimate of drug-likeness (QED) is 0.605. The van der Waals surface area contributed by atoms with E-state index in [0.29, 0.717) is 17.9 Å². The highest BCUT2D eigenvalue weighted by molar-refractivity contribution is 5.95. The van der Waals surface area contributed by atoms with Gasteiger partial charge in [-0.1, -0.05) is 42.5 Å². The zero-order chi connectivity index (χ0) is 19.8. The molecule has 3 aromatic rings. The predicted molar refractivity (Wildman–Crippen MR) is 112 cm³/mol. The van der Waals surface area contributed by atoms with E-state index in [4.69, 9.17) is 4.74 Å². The van der Waals surface area contributed by atoms with Crippen molar-refractivity contribution in [3.8, 4) is 5.75 Å². The van der Waals surface area contributed by atoms with Gasteiger partial charge in [0.15, 0.2) is 0 Å². The van der Waals surface area contributed by atoms with Gasteiger partial charge in [-0.3, -0.25) is 4.79 Å². The number of nitrogens with zero attached hydrogens (tertiary/aromatic N) is 1. The van der Waals surface area contributed by atoms with Gasteiger partial charge in [-0.2, -0.15) is 0 Å². The molecule has 5 heteroatoms. The fraction of sp³-hybridized carbons (Fsp3) is 0.217. The minimum atomic E-state index is -0.118. The Morgan fingerprint density at radius 1 is 1.04 bits per heavy atom. The van der Waals surface area contributed by atoms with E-state index in [1.807, 2.05) is 56.3 Å². The fourth-order valence-electron chi connectivity index (χ4n) is 2.77. The number of carbonyl (C=O) groups is 1. The summed E-state index contributed by atoms with van der Waals surface area (Å²) in [5.74, 6) is 1.22. The lowest BCUT2D eigenvalue weighted by molar-refractivity contribution is 0.0954. The third-order valence-corrected chi connectivity index (χ3v) is 4.08. The number of aromatic nitrogens is 1. The molecular weight excluding hydrogens is 350 g/mol. The van der Waals surface area contributed by atoms with Crippen LogP contribution in [0.2, 0.25) is 0 Å². The summed E-state index contributed by atoms with van der Waals surface area (Å²) in [6, 6.07) is 21.2. The first-order valence-corrected chi connectivity index (χ1v) is 9.42. The van der Waals surface area contributed by atoms with Gasteiger partial charge in [0.25, 0.3) is 5.91 Å². The van der Waals surface area contributed by atoms with Crippen LogP contribution in [0.25, 0.3) is 0 Å². The first kappa shape index (κ1) is 19.4. The molecule has 0 saturated carbocycles. The van der Waals surface area contributed by atoms with Crippen molar-refractivity contribution < 1.29 is 9.53 Å². The zero-order valence-corrected chi connectivity index (χ0v) is 16.2. The molecule has 0 aliphatic rings. The minimum absolute atomic E-state index is 0.0673. The molecule has 0 fully saturated rings. The average molecular weight is 375 g/mol. The maximum absolute atomic E-state index is 12.5. The monoisotopic (exact) mass is 375 g/mol. The normalized spacial score (nSPS) is 10.5. The van der Waals surface area contributed by atoms with Gasteiger partial charge >= 0.3 is 0 Å². The van der Waals surface area contributed by atoms with Gasteiger partial charge in [0.05, 0.1) is 11.8 Å². The molecule has 0 aliphatic heterocycles. The molecular formula is C23H25N3O2. The molecule has 0 aliphatic carbocycles. The molecule has 5 nitrogen and oxygen atoms in total. The lowest BCUT2D eigenvalue weighted by Crippen LogP contribution is -2.25. The highest BCUT2D eigenvalue weighted by atomic mass is 16.5. The number of pyridine rings is 1. The maximum atomic E-state index is 12.5. The van der Waals surface area contributed by atoms with Crippen LogP contribution in [0.5, 0.6) is 5.75 Å². The second-order valence-corrected chi connectivity index (χ2v) is 6.71. The van der Waals surface area contributed by atoms with E-state index in [1.54, 1.807) is 18.3 Å². The Morgan fingerprint density at radius 2 is 1.79 bits per heavy atom. The van der Waals surface area contributed by atoms with E-state index in [-0.39, 0.29) is 12.0 Å². The van der Waals surface area contributed by atoms with Crippen LogP contribution in [0.3, 0.4) is 0 Å². The number of amides is 1. The Labute approximate surface area is 165 Å². The summed E-state index contributed by atoms with van der Waals surface area (Å²) < 4.78 is 5.82. The van der Waals surface area contributed by atoms with Gasteiger partial charge in [0.1, 0.15) is 11.6 Å². The maximum Gasteiger partial charge on any atom is 0.251 e. The molecule has 28 heavy (non-hydrogen) atoms. The molecule has 1 amide bonds. The Balaban J connectivity index is 1.63. The Bertz CT molecular complexity index is 910. The van der Waals surface area contributed by atoms with Crippen LogP contribution >= 0.6 is 0 Å². The lowest BCUT2D eigenvalue weighted by Gasteiger charge is -2.15. The molecule has 0 saturated heterocycles. The summed E-state index contributed by atoms with van der Waals surface area (Å²) in [5, 5.41) is 6.20. The fourth-order valence-corrected chi connectivity index (χ4v) is 2.77. The smallest absolute Gasteiger partial charge is 0.251 e. The molecule has 2 N–H and O–H groups in total. The molecule has 0 unspecified atom stereocenters. The molecule has 1 heterocycles. The number of anilines is 2. The van der Waals surface area contributed by atoms with Gasteiger partial charge in [-0.15, -0.1) is 0 Å². The van der Waals surface area contributed by atoms with Crippen LogP contribution in [0.1, 0.15) is 29.8 Å². The molecule has 0 atom stereocenters. The van der Waals surface area contributed by atoms with E-state index in [2.05, 4.69) is 27.8 Å². The number of benzene rings is 2. The molecule has 1 aromatic heterocycles. The number of ether oxygens (including phenoxy) is 1. The van der Waals surface area contributed by atoms with Crippen molar-refractivity contribution in [1.29, 1.82) is 0 Å².